The van der Waals surface area contributed by atoms with Crippen molar-refractivity contribution in [1.82, 2.24) is 29.2 Å². The maximum Gasteiger partial charge on any atom is 0.246 e. The van der Waals surface area contributed by atoms with Crippen LogP contribution >= 0.6 is 0 Å². The van der Waals surface area contributed by atoms with E-state index in [0.29, 0.717) is 38.2 Å². The summed E-state index contributed by atoms with van der Waals surface area (Å²) in [5.74, 6) is -0.476. The number of aromatic nitrogens is 4. The van der Waals surface area contributed by atoms with Gasteiger partial charge in [-0.25, -0.2) is 8.42 Å². The van der Waals surface area contributed by atoms with Crippen molar-refractivity contribution >= 4 is 15.9 Å². The Balaban J connectivity index is 1.67. The Morgan fingerprint density at radius 2 is 2.03 bits per heavy atom. The van der Waals surface area contributed by atoms with Crippen molar-refractivity contribution in [3.05, 3.63) is 29.3 Å². The maximum atomic E-state index is 13.1. The number of nitrogens with one attached hydrogen (secondary N) is 1. The predicted molar refractivity (Wildman–Crippen MR) is 109 cm³/mol. The number of hydrogen-bond donors (Lipinski definition) is 1. The molecule has 10 heteroatoms. The monoisotopic (exact) mass is 422 g/mol. The average Bonchev–Trinajstić information content (AvgIpc) is 3.28. The van der Waals surface area contributed by atoms with Gasteiger partial charge in [-0.3, -0.25) is 14.2 Å². The largest absolute Gasteiger partial charge is 0.352 e. The molecule has 0 bridgehead atoms. The van der Waals surface area contributed by atoms with E-state index in [1.807, 2.05) is 25.5 Å². The van der Waals surface area contributed by atoms with Crippen LogP contribution in [0.2, 0.25) is 0 Å². The summed E-state index contributed by atoms with van der Waals surface area (Å²) in [6.45, 7) is 10.0. The molecule has 0 aromatic carbocycles. The number of rotatable bonds is 7. The number of amides is 1. The highest BCUT2D eigenvalue weighted by atomic mass is 32.2. The van der Waals surface area contributed by atoms with Gasteiger partial charge in [-0.05, 0) is 40.5 Å². The van der Waals surface area contributed by atoms with E-state index in [4.69, 9.17) is 0 Å². The van der Waals surface area contributed by atoms with Gasteiger partial charge in [-0.2, -0.15) is 14.5 Å². The molecule has 1 N–H and O–H groups in total. The predicted octanol–water partition coefficient (Wildman–Crippen LogP) is 1.45. The first-order valence-corrected chi connectivity index (χ1v) is 11.5. The molecule has 3 rings (SSSR count). The molecule has 2 aromatic rings. The molecule has 0 unspecified atom stereocenters. The Kier molecular flexibility index (Phi) is 6.42. The molecule has 160 valence electrons. The highest BCUT2D eigenvalue weighted by Gasteiger charge is 2.35. The van der Waals surface area contributed by atoms with E-state index < -0.39 is 10.0 Å². The second-order valence-corrected chi connectivity index (χ2v) is 9.33. The van der Waals surface area contributed by atoms with Crippen LogP contribution in [0.25, 0.3) is 0 Å². The molecular weight excluding hydrogens is 392 g/mol. The van der Waals surface area contributed by atoms with Crippen LogP contribution in [0.5, 0.6) is 0 Å². The van der Waals surface area contributed by atoms with Crippen LogP contribution in [0.15, 0.2) is 17.3 Å². The minimum Gasteiger partial charge on any atom is -0.352 e. The lowest BCUT2D eigenvalue weighted by Gasteiger charge is -2.31. The van der Waals surface area contributed by atoms with Gasteiger partial charge in [-0.15, -0.1) is 0 Å². The van der Waals surface area contributed by atoms with Gasteiger partial charge in [0.05, 0.1) is 17.8 Å². The van der Waals surface area contributed by atoms with Crippen LogP contribution in [-0.4, -0.2) is 51.3 Å². The lowest BCUT2D eigenvalue weighted by Crippen LogP contribution is -2.45. The first kappa shape index (κ1) is 21.5. The van der Waals surface area contributed by atoms with E-state index in [2.05, 4.69) is 15.5 Å². The zero-order valence-corrected chi connectivity index (χ0v) is 18.4. The summed E-state index contributed by atoms with van der Waals surface area (Å²) in [6, 6.07) is 0. The molecule has 0 aliphatic carbocycles. The van der Waals surface area contributed by atoms with Gasteiger partial charge in [0.1, 0.15) is 4.90 Å². The van der Waals surface area contributed by atoms with Crippen LogP contribution in [0.3, 0.4) is 0 Å². The van der Waals surface area contributed by atoms with E-state index >= 15 is 0 Å². The van der Waals surface area contributed by atoms with Gasteiger partial charge >= 0.3 is 0 Å². The third kappa shape index (κ3) is 4.37. The lowest BCUT2D eigenvalue weighted by atomic mass is 9.99. The van der Waals surface area contributed by atoms with E-state index in [-0.39, 0.29) is 23.3 Å². The third-order valence-electron chi connectivity index (χ3n) is 5.56. The summed E-state index contributed by atoms with van der Waals surface area (Å²) in [5, 5.41) is 11.5. The van der Waals surface area contributed by atoms with Gasteiger partial charge in [0.25, 0.3) is 0 Å². The molecule has 2 aromatic heterocycles. The SMILES string of the molecule is CCn1cc(S(=O)(=O)N2CCC[C@@H](C(=O)NCc3cnn(CC)c3C)C2)c(C)n1. The molecule has 1 atom stereocenters. The first-order chi connectivity index (χ1) is 13.8. The molecule has 1 aliphatic rings. The van der Waals surface area contributed by atoms with Crippen molar-refractivity contribution in [2.75, 3.05) is 13.1 Å². The normalized spacial score (nSPS) is 18.1. The highest BCUT2D eigenvalue weighted by molar-refractivity contribution is 7.89. The first-order valence-electron chi connectivity index (χ1n) is 10.1. The van der Waals surface area contributed by atoms with Crippen LogP contribution in [-0.2, 0) is 34.5 Å². The van der Waals surface area contributed by atoms with Crippen molar-refractivity contribution in [2.24, 2.45) is 5.92 Å². The second kappa shape index (κ2) is 8.66. The van der Waals surface area contributed by atoms with Crippen molar-refractivity contribution < 1.29 is 13.2 Å². The van der Waals surface area contributed by atoms with Gasteiger partial charge in [0.2, 0.25) is 15.9 Å². The molecule has 29 heavy (non-hydrogen) atoms. The minimum absolute atomic E-state index is 0.116. The molecule has 3 heterocycles. The number of hydrogen-bond acceptors (Lipinski definition) is 5. The number of carbonyl (C=O) groups is 1. The lowest BCUT2D eigenvalue weighted by molar-refractivity contribution is -0.126. The average molecular weight is 423 g/mol. The molecule has 1 aliphatic heterocycles. The minimum atomic E-state index is -3.67. The van der Waals surface area contributed by atoms with Crippen LogP contribution < -0.4 is 5.32 Å². The van der Waals surface area contributed by atoms with Gasteiger partial charge in [0.15, 0.2) is 0 Å². The zero-order chi connectivity index (χ0) is 21.2. The summed E-state index contributed by atoms with van der Waals surface area (Å²) in [4.78, 5) is 12.9. The number of nitrogens with zero attached hydrogens (tertiary/aromatic N) is 5. The molecule has 9 nitrogen and oxygen atoms in total. The van der Waals surface area contributed by atoms with Crippen molar-refractivity contribution in [3.8, 4) is 0 Å². The Morgan fingerprint density at radius 3 is 2.66 bits per heavy atom. The van der Waals surface area contributed by atoms with Crippen LogP contribution in [0, 0.1) is 19.8 Å². The quantitative estimate of drug-likeness (QED) is 0.728. The van der Waals surface area contributed by atoms with Crippen molar-refractivity contribution in [3.63, 3.8) is 0 Å². The van der Waals surface area contributed by atoms with Gasteiger partial charge in [-0.1, -0.05) is 0 Å². The summed E-state index contributed by atoms with van der Waals surface area (Å²) in [5.41, 5.74) is 2.49. The fourth-order valence-electron chi connectivity index (χ4n) is 3.73. The van der Waals surface area contributed by atoms with E-state index in [0.717, 1.165) is 17.8 Å². The number of carbonyl (C=O) groups excluding carboxylic acids is 1. The molecule has 0 saturated carbocycles. The van der Waals surface area contributed by atoms with Crippen LogP contribution in [0.4, 0.5) is 0 Å². The molecule has 1 saturated heterocycles. The molecule has 1 fully saturated rings. The van der Waals surface area contributed by atoms with E-state index in [9.17, 15) is 13.2 Å². The number of piperidine rings is 1. The standard InChI is InChI=1S/C19H30N6O3S/c1-5-23-13-18(14(3)22-23)29(27,28)24-9-7-8-16(12-24)19(26)20-10-17-11-21-25(6-2)15(17)4/h11,13,16H,5-10,12H2,1-4H3,(H,20,26)/t16-/m1/s1. The number of aryl methyl sites for hydroxylation is 3. The summed E-state index contributed by atoms with van der Waals surface area (Å²) < 4.78 is 31.1. The molecule has 0 radical (unpaired) electrons. The topological polar surface area (TPSA) is 102 Å². The zero-order valence-electron chi connectivity index (χ0n) is 17.6. The molecule has 0 spiro atoms. The Morgan fingerprint density at radius 1 is 1.28 bits per heavy atom. The molecular formula is C19H30N6O3S. The highest BCUT2D eigenvalue weighted by Crippen LogP contribution is 2.25. The number of sulfonamides is 1. The maximum absolute atomic E-state index is 13.1. The van der Waals surface area contributed by atoms with Crippen molar-refractivity contribution in [2.45, 2.75) is 65.1 Å². The van der Waals surface area contributed by atoms with Gasteiger partial charge in [0, 0.05) is 50.2 Å². The summed E-state index contributed by atoms with van der Waals surface area (Å²) >= 11 is 0. The van der Waals surface area contributed by atoms with E-state index in [1.54, 1.807) is 24.0 Å². The Hall–Kier alpha value is -2.20. The van der Waals surface area contributed by atoms with Gasteiger partial charge < -0.3 is 5.32 Å². The smallest absolute Gasteiger partial charge is 0.246 e. The fraction of sp³-hybridized carbons (Fsp3) is 0.632. The Bertz CT molecular complexity index is 978. The summed E-state index contributed by atoms with van der Waals surface area (Å²) in [7, 11) is -3.67. The second-order valence-electron chi connectivity index (χ2n) is 7.43. The third-order valence-corrected chi connectivity index (χ3v) is 7.52. The summed E-state index contributed by atoms with van der Waals surface area (Å²) in [6.07, 6.45) is 4.68. The van der Waals surface area contributed by atoms with E-state index in [1.165, 1.54) is 4.31 Å². The molecule has 1 amide bonds. The van der Waals surface area contributed by atoms with Crippen LogP contribution in [0.1, 0.15) is 43.6 Å². The fourth-order valence-corrected chi connectivity index (χ4v) is 5.43. The Labute approximate surface area is 172 Å². The van der Waals surface area contributed by atoms with Crippen molar-refractivity contribution in [1.29, 1.82) is 0 Å².